The van der Waals surface area contributed by atoms with Gasteiger partial charge < -0.3 is 9.47 Å². The van der Waals surface area contributed by atoms with Gasteiger partial charge in [0.05, 0.1) is 31.1 Å². The third-order valence-electron chi connectivity index (χ3n) is 4.80. The molecule has 1 aromatic heterocycles. The second-order valence-electron chi connectivity index (χ2n) is 6.61. The van der Waals surface area contributed by atoms with Crippen molar-refractivity contribution >= 4 is 0 Å². The first-order chi connectivity index (χ1) is 12.1. The molecule has 1 aromatic carbocycles. The Hall–Kier alpha value is -1.92. The summed E-state index contributed by atoms with van der Waals surface area (Å²) in [4.78, 5) is 2.42. The molecule has 2 aromatic rings. The summed E-state index contributed by atoms with van der Waals surface area (Å²) < 4.78 is 26.2. The fourth-order valence-corrected chi connectivity index (χ4v) is 3.37. The van der Waals surface area contributed by atoms with Gasteiger partial charge in [0, 0.05) is 26.7 Å². The van der Waals surface area contributed by atoms with E-state index in [0.717, 1.165) is 55.2 Å². The molecule has 1 fully saturated rings. The van der Waals surface area contributed by atoms with Crippen molar-refractivity contribution in [1.29, 1.82) is 0 Å². The van der Waals surface area contributed by atoms with Crippen molar-refractivity contribution in [3.05, 3.63) is 46.9 Å². The Morgan fingerprint density at radius 2 is 1.88 bits per heavy atom. The number of hydrogen-bond acceptors (Lipinski definition) is 4. The van der Waals surface area contributed by atoms with E-state index in [1.165, 1.54) is 12.1 Å². The number of benzene rings is 1. The lowest BCUT2D eigenvalue weighted by Gasteiger charge is -2.32. The second-order valence-corrected chi connectivity index (χ2v) is 6.61. The molecule has 1 aliphatic heterocycles. The predicted molar refractivity (Wildman–Crippen MR) is 94.0 cm³/mol. The van der Waals surface area contributed by atoms with Gasteiger partial charge in [-0.1, -0.05) is 12.1 Å². The van der Waals surface area contributed by atoms with E-state index < -0.39 is 0 Å². The number of rotatable bonds is 6. The molecular formula is C19H26FN3O2. The topological polar surface area (TPSA) is 39.5 Å². The van der Waals surface area contributed by atoms with Crippen molar-refractivity contribution in [3.8, 4) is 5.88 Å². The molecule has 0 amide bonds. The van der Waals surface area contributed by atoms with Crippen LogP contribution in [-0.4, -0.2) is 41.0 Å². The summed E-state index contributed by atoms with van der Waals surface area (Å²) in [6.45, 7) is 5.40. The van der Waals surface area contributed by atoms with Crippen LogP contribution in [-0.2, 0) is 24.9 Å². The van der Waals surface area contributed by atoms with Crippen molar-refractivity contribution in [2.24, 2.45) is 7.05 Å². The zero-order valence-corrected chi connectivity index (χ0v) is 15.2. The van der Waals surface area contributed by atoms with Crippen LogP contribution in [0.3, 0.4) is 0 Å². The Kier molecular flexibility index (Phi) is 5.71. The molecule has 0 spiro atoms. The molecule has 1 aliphatic rings. The van der Waals surface area contributed by atoms with Crippen LogP contribution in [0.5, 0.6) is 5.88 Å². The zero-order chi connectivity index (χ0) is 17.8. The van der Waals surface area contributed by atoms with E-state index in [1.807, 2.05) is 14.0 Å². The first kappa shape index (κ1) is 17.9. The van der Waals surface area contributed by atoms with E-state index in [1.54, 1.807) is 23.9 Å². The second kappa shape index (κ2) is 7.97. The van der Waals surface area contributed by atoms with Gasteiger partial charge in [-0.05, 0) is 37.5 Å². The highest BCUT2D eigenvalue weighted by Gasteiger charge is 2.23. The standard InChI is InChI=1S/C19H26FN3O2/c1-14-18(19(24-3)22(2)21-14)12-23-10-8-17(9-11-23)25-13-15-4-6-16(20)7-5-15/h4-7,17H,8-13H2,1-3H3. The molecule has 1 saturated heterocycles. The van der Waals surface area contributed by atoms with E-state index >= 15 is 0 Å². The summed E-state index contributed by atoms with van der Waals surface area (Å²) in [7, 11) is 3.60. The third kappa shape index (κ3) is 4.38. The molecule has 2 heterocycles. The highest BCUT2D eigenvalue weighted by atomic mass is 19.1. The highest BCUT2D eigenvalue weighted by molar-refractivity contribution is 5.30. The third-order valence-corrected chi connectivity index (χ3v) is 4.80. The average Bonchev–Trinajstić information content (AvgIpc) is 2.88. The molecule has 6 heteroatoms. The van der Waals surface area contributed by atoms with Crippen molar-refractivity contribution in [3.63, 3.8) is 0 Å². The van der Waals surface area contributed by atoms with Crippen LogP contribution in [0, 0.1) is 12.7 Å². The molecule has 3 rings (SSSR count). The minimum absolute atomic E-state index is 0.210. The number of likely N-dealkylation sites (tertiary alicyclic amines) is 1. The van der Waals surface area contributed by atoms with Gasteiger partial charge in [0.15, 0.2) is 0 Å². The van der Waals surface area contributed by atoms with E-state index in [9.17, 15) is 4.39 Å². The average molecular weight is 347 g/mol. The molecule has 136 valence electrons. The lowest BCUT2D eigenvalue weighted by atomic mass is 10.1. The number of ether oxygens (including phenoxy) is 2. The number of nitrogens with zero attached hydrogens (tertiary/aromatic N) is 3. The molecule has 25 heavy (non-hydrogen) atoms. The summed E-state index contributed by atoms with van der Waals surface area (Å²) in [6, 6.07) is 6.51. The molecular weight excluding hydrogens is 321 g/mol. The number of aryl methyl sites for hydroxylation is 2. The number of piperidine rings is 1. The monoisotopic (exact) mass is 347 g/mol. The quantitative estimate of drug-likeness (QED) is 0.805. The smallest absolute Gasteiger partial charge is 0.216 e. The van der Waals surface area contributed by atoms with Gasteiger partial charge >= 0.3 is 0 Å². The van der Waals surface area contributed by atoms with Crippen LogP contribution in [0.4, 0.5) is 4.39 Å². The van der Waals surface area contributed by atoms with Gasteiger partial charge in [0.1, 0.15) is 5.82 Å². The predicted octanol–water partition coefficient (Wildman–Crippen LogP) is 3.06. The summed E-state index contributed by atoms with van der Waals surface area (Å²) in [5.74, 6) is 0.630. The number of halogens is 1. The van der Waals surface area contributed by atoms with E-state index in [-0.39, 0.29) is 11.9 Å². The van der Waals surface area contributed by atoms with Crippen LogP contribution < -0.4 is 4.74 Å². The number of methoxy groups -OCH3 is 1. The van der Waals surface area contributed by atoms with Crippen LogP contribution >= 0.6 is 0 Å². The normalized spacial score (nSPS) is 16.3. The molecule has 0 bridgehead atoms. The zero-order valence-electron chi connectivity index (χ0n) is 15.2. The molecule has 0 N–H and O–H groups in total. The van der Waals surface area contributed by atoms with Gasteiger partial charge in [-0.3, -0.25) is 4.90 Å². The molecule has 0 radical (unpaired) electrons. The molecule has 0 aliphatic carbocycles. The number of aromatic nitrogens is 2. The van der Waals surface area contributed by atoms with Crippen LogP contribution in [0.2, 0.25) is 0 Å². The van der Waals surface area contributed by atoms with Gasteiger partial charge in [0.25, 0.3) is 0 Å². The fraction of sp³-hybridized carbons (Fsp3) is 0.526. The van der Waals surface area contributed by atoms with Crippen LogP contribution in [0.15, 0.2) is 24.3 Å². The maximum Gasteiger partial charge on any atom is 0.216 e. The minimum atomic E-state index is -0.210. The van der Waals surface area contributed by atoms with Gasteiger partial charge in [-0.15, -0.1) is 0 Å². The van der Waals surface area contributed by atoms with Crippen molar-refractivity contribution in [1.82, 2.24) is 14.7 Å². The first-order valence-corrected chi connectivity index (χ1v) is 8.71. The van der Waals surface area contributed by atoms with Crippen LogP contribution in [0.25, 0.3) is 0 Å². The summed E-state index contributed by atoms with van der Waals surface area (Å²) in [5.41, 5.74) is 3.20. The van der Waals surface area contributed by atoms with Crippen molar-refractivity contribution in [2.45, 2.75) is 39.0 Å². The van der Waals surface area contributed by atoms with Gasteiger partial charge in [0.2, 0.25) is 5.88 Å². The Bertz CT molecular complexity index is 691. The maximum absolute atomic E-state index is 12.9. The Morgan fingerprint density at radius 1 is 1.20 bits per heavy atom. The maximum atomic E-state index is 12.9. The van der Waals surface area contributed by atoms with Gasteiger partial charge in [-0.2, -0.15) is 5.10 Å². The number of hydrogen-bond donors (Lipinski definition) is 0. The summed E-state index contributed by atoms with van der Waals surface area (Å²) in [5, 5.41) is 4.45. The van der Waals surface area contributed by atoms with E-state index in [0.29, 0.717) is 6.61 Å². The summed E-state index contributed by atoms with van der Waals surface area (Å²) >= 11 is 0. The highest BCUT2D eigenvalue weighted by Crippen LogP contribution is 2.25. The van der Waals surface area contributed by atoms with Gasteiger partial charge in [-0.25, -0.2) is 9.07 Å². The van der Waals surface area contributed by atoms with Crippen molar-refractivity contribution in [2.75, 3.05) is 20.2 Å². The SMILES string of the molecule is COc1c(CN2CCC(OCc3ccc(F)cc3)CC2)c(C)nn1C. The first-order valence-electron chi connectivity index (χ1n) is 8.71. The Labute approximate surface area is 148 Å². The van der Waals surface area contributed by atoms with E-state index in [2.05, 4.69) is 10.00 Å². The van der Waals surface area contributed by atoms with E-state index in [4.69, 9.17) is 9.47 Å². The molecule has 0 atom stereocenters. The lowest BCUT2D eigenvalue weighted by molar-refractivity contribution is -0.00408. The minimum Gasteiger partial charge on any atom is -0.481 e. The Balaban J connectivity index is 1.48. The largest absolute Gasteiger partial charge is 0.481 e. The lowest BCUT2D eigenvalue weighted by Crippen LogP contribution is -2.36. The van der Waals surface area contributed by atoms with Crippen LogP contribution in [0.1, 0.15) is 29.7 Å². The Morgan fingerprint density at radius 3 is 2.52 bits per heavy atom. The van der Waals surface area contributed by atoms with Crippen molar-refractivity contribution < 1.29 is 13.9 Å². The molecule has 0 unspecified atom stereocenters. The molecule has 0 saturated carbocycles. The summed E-state index contributed by atoms with van der Waals surface area (Å²) in [6.07, 6.45) is 2.27. The fourth-order valence-electron chi connectivity index (χ4n) is 3.37. The molecule has 5 nitrogen and oxygen atoms in total.